The number of aliphatic carboxylic acids is 1. The molecule has 11 atom stereocenters. The normalized spacial score (nSPS) is 54.0. The molecule has 4 N–H and O–H groups in total. The Hall–Kier alpha value is -0.650. The van der Waals surface area contributed by atoms with Crippen LogP contribution in [-0.2, 0) is 4.79 Å². The summed E-state index contributed by atoms with van der Waals surface area (Å²) in [6.45, 7) is 8.74. The Labute approximate surface area is 181 Å². The fourth-order valence-corrected chi connectivity index (χ4v) is 9.07. The van der Waals surface area contributed by atoms with Crippen LogP contribution in [0.5, 0.6) is 0 Å². The van der Waals surface area contributed by atoms with Gasteiger partial charge < -0.3 is 20.4 Å². The van der Waals surface area contributed by atoms with Crippen LogP contribution in [-0.4, -0.2) is 44.2 Å². The molecular weight excluding hydrogens is 380 g/mol. The predicted octanol–water partition coefficient (Wildman–Crippen LogP) is 3.84. The molecule has 0 spiro atoms. The molecule has 4 aliphatic rings. The lowest BCUT2D eigenvalue weighted by atomic mass is 9.41. The average Bonchev–Trinajstić information content (AvgIpc) is 3.00. The molecule has 5 nitrogen and oxygen atoms in total. The van der Waals surface area contributed by atoms with Crippen LogP contribution in [0.2, 0.25) is 0 Å². The number of carboxylic acids is 1. The summed E-state index contributed by atoms with van der Waals surface area (Å²) in [5.74, 6) is 0.818. The molecule has 0 heterocycles. The summed E-state index contributed by atoms with van der Waals surface area (Å²) in [5, 5.41) is 42.7. The van der Waals surface area contributed by atoms with E-state index < -0.39 is 17.7 Å². The maximum absolute atomic E-state index is 11.7. The van der Waals surface area contributed by atoms with Gasteiger partial charge in [-0.25, -0.2) is 0 Å². The van der Waals surface area contributed by atoms with Crippen molar-refractivity contribution in [3.05, 3.63) is 0 Å². The summed E-state index contributed by atoms with van der Waals surface area (Å²) in [7, 11) is 0. The van der Waals surface area contributed by atoms with E-state index in [1.807, 2.05) is 6.92 Å². The molecule has 4 aliphatic carbocycles. The third-order valence-electron chi connectivity index (χ3n) is 10.7. The lowest BCUT2D eigenvalue weighted by molar-refractivity contribution is -0.237. The molecule has 4 unspecified atom stereocenters. The van der Waals surface area contributed by atoms with Gasteiger partial charge in [0.05, 0.1) is 17.8 Å². The van der Waals surface area contributed by atoms with Crippen LogP contribution in [0, 0.1) is 46.3 Å². The van der Waals surface area contributed by atoms with Crippen LogP contribution in [0.15, 0.2) is 0 Å². The molecule has 0 aromatic rings. The SMILES string of the molecule is C[C@H](CCC(=O)O)[C@H]1CC[C@H]2[C@H]3[C@H](CC(O)[C@]12C)[C@@]1(C)CCC(O)CC1CC3(C)O. The van der Waals surface area contributed by atoms with Crippen molar-refractivity contribution in [2.45, 2.75) is 103 Å². The smallest absolute Gasteiger partial charge is 0.303 e. The zero-order valence-corrected chi connectivity index (χ0v) is 19.2. The van der Waals surface area contributed by atoms with Crippen molar-refractivity contribution in [3.8, 4) is 0 Å². The minimum absolute atomic E-state index is 0.0709. The molecule has 5 heteroatoms. The van der Waals surface area contributed by atoms with Gasteiger partial charge in [0.2, 0.25) is 0 Å². The maximum atomic E-state index is 11.7. The number of aliphatic hydroxyl groups is 3. The molecule has 4 rings (SSSR count). The van der Waals surface area contributed by atoms with Crippen molar-refractivity contribution in [1.82, 2.24) is 0 Å². The molecule has 172 valence electrons. The standard InChI is InChI=1S/C25H42O5/c1-14(5-8-21(28)29)17-6-7-18-22-19(12-20(27)25(17,18)4)23(2)10-9-16(26)11-15(23)13-24(22,3)30/h14-20,22,26-27,30H,5-13H2,1-4H3,(H,28,29)/t14-,15?,16?,17-,18+,19+,20?,22+,23+,24?,25-/m1/s1. The Kier molecular flexibility index (Phi) is 5.60. The molecule has 0 aromatic heterocycles. The minimum Gasteiger partial charge on any atom is -0.481 e. The first kappa shape index (κ1) is 22.5. The van der Waals surface area contributed by atoms with Crippen LogP contribution in [0.1, 0.15) is 85.5 Å². The first-order chi connectivity index (χ1) is 13.9. The first-order valence-corrected chi connectivity index (χ1v) is 12.2. The Morgan fingerprint density at radius 2 is 1.77 bits per heavy atom. The lowest BCUT2D eigenvalue weighted by Gasteiger charge is -2.66. The van der Waals surface area contributed by atoms with Crippen LogP contribution in [0.4, 0.5) is 0 Å². The van der Waals surface area contributed by atoms with Crippen molar-refractivity contribution >= 4 is 5.97 Å². The van der Waals surface area contributed by atoms with Crippen molar-refractivity contribution < 1.29 is 25.2 Å². The van der Waals surface area contributed by atoms with Crippen LogP contribution in [0.25, 0.3) is 0 Å². The van der Waals surface area contributed by atoms with Crippen molar-refractivity contribution in [3.63, 3.8) is 0 Å². The van der Waals surface area contributed by atoms with Crippen LogP contribution in [0.3, 0.4) is 0 Å². The number of carboxylic acid groups (broad SMARTS) is 1. The second-order valence-corrected chi connectivity index (χ2v) is 12.1. The highest BCUT2D eigenvalue weighted by atomic mass is 16.4. The molecule has 4 fully saturated rings. The third-order valence-corrected chi connectivity index (χ3v) is 10.7. The zero-order valence-electron chi connectivity index (χ0n) is 19.2. The van der Waals surface area contributed by atoms with Gasteiger partial charge in [0, 0.05) is 6.42 Å². The van der Waals surface area contributed by atoms with Crippen LogP contribution < -0.4 is 0 Å². The number of hydrogen-bond acceptors (Lipinski definition) is 4. The average molecular weight is 423 g/mol. The van der Waals surface area contributed by atoms with Crippen molar-refractivity contribution in [1.29, 1.82) is 0 Å². The maximum Gasteiger partial charge on any atom is 0.303 e. The minimum atomic E-state index is -0.781. The van der Waals surface area contributed by atoms with E-state index in [-0.39, 0.29) is 47.0 Å². The number of hydrogen-bond donors (Lipinski definition) is 4. The topological polar surface area (TPSA) is 98.0 Å². The quantitative estimate of drug-likeness (QED) is 0.552. The van der Waals surface area contributed by atoms with E-state index in [9.17, 15) is 20.1 Å². The Morgan fingerprint density at radius 3 is 2.43 bits per heavy atom. The van der Waals surface area contributed by atoms with E-state index in [2.05, 4.69) is 20.8 Å². The molecule has 0 aliphatic heterocycles. The fourth-order valence-electron chi connectivity index (χ4n) is 9.07. The van der Waals surface area contributed by atoms with E-state index in [0.29, 0.717) is 18.3 Å². The number of carbonyl (C=O) groups is 1. The molecule has 0 amide bonds. The molecular formula is C25H42O5. The van der Waals surface area contributed by atoms with Gasteiger partial charge in [0.1, 0.15) is 0 Å². The summed E-state index contributed by atoms with van der Waals surface area (Å²) < 4.78 is 0. The highest BCUT2D eigenvalue weighted by Gasteiger charge is 2.68. The van der Waals surface area contributed by atoms with E-state index in [1.165, 1.54) is 0 Å². The highest BCUT2D eigenvalue weighted by molar-refractivity contribution is 5.66. The molecule has 30 heavy (non-hydrogen) atoms. The number of aliphatic hydroxyl groups excluding tert-OH is 2. The van der Waals surface area contributed by atoms with E-state index in [0.717, 1.165) is 44.9 Å². The van der Waals surface area contributed by atoms with Crippen molar-refractivity contribution in [2.24, 2.45) is 46.3 Å². The van der Waals surface area contributed by atoms with E-state index >= 15 is 0 Å². The molecule has 4 saturated carbocycles. The van der Waals surface area contributed by atoms with Gasteiger partial charge in [-0.1, -0.05) is 20.8 Å². The Morgan fingerprint density at radius 1 is 1.07 bits per heavy atom. The second-order valence-electron chi connectivity index (χ2n) is 12.1. The predicted molar refractivity (Wildman–Crippen MR) is 115 cm³/mol. The summed E-state index contributed by atoms with van der Waals surface area (Å²) in [6.07, 6.45) is 6.20. The third kappa shape index (κ3) is 3.26. The van der Waals surface area contributed by atoms with Gasteiger partial charge >= 0.3 is 5.97 Å². The van der Waals surface area contributed by atoms with E-state index in [4.69, 9.17) is 5.11 Å². The summed E-state index contributed by atoms with van der Waals surface area (Å²) in [4.78, 5) is 11.1. The zero-order chi connectivity index (χ0) is 22.1. The highest BCUT2D eigenvalue weighted by Crippen LogP contribution is 2.70. The van der Waals surface area contributed by atoms with Crippen molar-refractivity contribution in [2.75, 3.05) is 0 Å². The van der Waals surface area contributed by atoms with Crippen LogP contribution >= 0.6 is 0 Å². The molecule has 0 saturated heterocycles. The first-order valence-electron chi connectivity index (χ1n) is 12.2. The monoisotopic (exact) mass is 422 g/mol. The van der Waals surface area contributed by atoms with Gasteiger partial charge in [-0.2, -0.15) is 0 Å². The largest absolute Gasteiger partial charge is 0.481 e. The number of fused-ring (bicyclic) bond motifs is 5. The molecule has 0 radical (unpaired) electrons. The lowest BCUT2D eigenvalue weighted by Crippen LogP contribution is -2.65. The summed E-state index contributed by atoms with van der Waals surface area (Å²) >= 11 is 0. The van der Waals surface area contributed by atoms with Gasteiger partial charge in [0.15, 0.2) is 0 Å². The molecule has 0 aromatic carbocycles. The Balaban J connectivity index is 1.65. The van der Waals surface area contributed by atoms with Gasteiger partial charge in [-0.3, -0.25) is 4.79 Å². The molecule has 0 bridgehead atoms. The Bertz CT molecular complexity index is 676. The fraction of sp³-hybridized carbons (Fsp3) is 0.960. The summed E-state index contributed by atoms with van der Waals surface area (Å²) in [6, 6.07) is 0. The number of rotatable bonds is 4. The van der Waals surface area contributed by atoms with Gasteiger partial charge in [-0.05, 0) is 105 Å². The van der Waals surface area contributed by atoms with E-state index in [1.54, 1.807) is 0 Å². The second kappa shape index (κ2) is 7.45. The summed E-state index contributed by atoms with van der Waals surface area (Å²) in [5.41, 5.74) is -0.973. The van der Waals surface area contributed by atoms with Gasteiger partial charge in [0.25, 0.3) is 0 Å². The van der Waals surface area contributed by atoms with Gasteiger partial charge in [-0.15, -0.1) is 0 Å².